The van der Waals surface area contributed by atoms with Gasteiger partial charge in [-0.05, 0) is 26.8 Å². The van der Waals surface area contributed by atoms with Crippen molar-refractivity contribution in [2.45, 2.75) is 39.5 Å². The first kappa shape index (κ1) is 14.8. The van der Waals surface area contributed by atoms with E-state index in [1.54, 1.807) is 6.08 Å². The summed E-state index contributed by atoms with van der Waals surface area (Å²) in [6, 6.07) is 8.08. The monoisotopic (exact) mass is 273 g/mol. The summed E-state index contributed by atoms with van der Waals surface area (Å²) in [6.07, 6.45) is 1.76. The number of ether oxygens (including phenoxy) is 1. The van der Waals surface area contributed by atoms with Gasteiger partial charge in [-0.25, -0.2) is 0 Å². The lowest BCUT2D eigenvalue weighted by Gasteiger charge is -2.20. The third-order valence-electron chi connectivity index (χ3n) is 3.04. The molecule has 3 heteroatoms. The zero-order chi connectivity index (χ0) is 14.6. The highest BCUT2D eigenvalue weighted by Gasteiger charge is 2.16. The Labute approximate surface area is 120 Å². The molecule has 2 aromatic rings. The van der Waals surface area contributed by atoms with Gasteiger partial charge in [-0.2, -0.15) is 0 Å². The molecule has 0 atom stereocenters. The number of fused-ring (bicyclic) bond motifs is 1. The summed E-state index contributed by atoms with van der Waals surface area (Å²) in [7, 11) is 0. The van der Waals surface area contributed by atoms with E-state index in [-0.39, 0.29) is 5.54 Å². The van der Waals surface area contributed by atoms with E-state index < -0.39 is 0 Å². The number of nitrogens with one attached hydrogen (secondary N) is 1. The number of rotatable bonds is 6. The van der Waals surface area contributed by atoms with Crippen molar-refractivity contribution in [3.63, 3.8) is 0 Å². The van der Waals surface area contributed by atoms with Crippen LogP contribution in [0.25, 0.3) is 11.0 Å². The minimum Gasteiger partial charge on any atom is -0.459 e. The summed E-state index contributed by atoms with van der Waals surface area (Å²) in [5, 5.41) is 4.59. The second-order valence-corrected chi connectivity index (χ2v) is 5.91. The average Bonchev–Trinajstić information content (AvgIpc) is 2.74. The summed E-state index contributed by atoms with van der Waals surface area (Å²) >= 11 is 0. The molecule has 0 spiro atoms. The minimum atomic E-state index is 0.0538. The lowest BCUT2D eigenvalue weighted by Crippen LogP contribution is -2.35. The summed E-state index contributed by atoms with van der Waals surface area (Å²) < 4.78 is 11.6. The minimum absolute atomic E-state index is 0.0538. The van der Waals surface area contributed by atoms with Crippen LogP contribution in [0.4, 0.5) is 0 Å². The van der Waals surface area contributed by atoms with Gasteiger partial charge in [-0.15, -0.1) is 6.58 Å². The SMILES string of the molecule is C=CCOCc1c(CNC(C)(C)C)oc2ccccc12. The maximum atomic E-state index is 5.96. The van der Waals surface area contributed by atoms with Gasteiger partial charge in [0, 0.05) is 16.5 Å². The topological polar surface area (TPSA) is 34.4 Å². The Morgan fingerprint density at radius 2 is 2.05 bits per heavy atom. The maximum Gasteiger partial charge on any atom is 0.134 e. The summed E-state index contributed by atoms with van der Waals surface area (Å²) in [4.78, 5) is 0. The number of hydrogen-bond donors (Lipinski definition) is 1. The highest BCUT2D eigenvalue weighted by atomic mass is 16.5. The van der Waals surface area contributed by atoms with Gasteiger partial charge in [0.2, 0.25) is 0 Å². The van der Waals surface area contributed by atoms with Crippen molar-refractivity contribution in [2.24, 2.45) is 0 Å². The molecule has 1 heterocycles. The molecule has 0 radical (unpaired) electrons. The molecule has 0 saturated heterocycles. The van der Waals surface area contributed by atoms with E-state index in [1.165, 1.54) is 0 Å². The normalized spacial score (nSPS) is 11.9. The van der Waals surface area contributed by atoms with Crippen LogP contribution < -0.4 is 5.32 Å². The van der Waals surface area contributed by atoms with Crippen molar-refractivity contribution >= 4 is 11.0 Å². The quantitative estimate of drug-likeness (QED) is 0.637. The van der Waals surface area contributed by atoms with E-state index in [9.17, 15) is 0 Å². The molecule has 0 saturated carbocycles. The molecule has 0 amide bonds. The van der Waals surface area contributed by atoms with E-state index in [2.05, 4.69) is 38.7 Å². The molecule has 3 nitrogen and oxygen atoms in total. The van der Waals surface area contributed by atoms with Crippen molar-refractivity contribution in [2.75, 3.05) is 6.61 Å². The highest BCUT2D eigenvalue weighted by Crippen LogP contribution is 2.27. The van der Waals surface area contributed by atoms with Gasteiger partial charge < -0.3 is 14.5 Å². The Morgan fingerprint density at radius 1 is 1.30 bits per heavy atom. The Kier molecular flexibility index (Phi) is 4.63. The van der Waals surface area contributed by atoms with Crippen molar-refractivity contribution in [3.05, 3.63) is 48.2 Å². The van der Waals surface area contributed by atoms with Crippen LogP contribution in [0.5, 0.6) is 0 Å². The van der Waals surface area contributed by atoms with Crippen LogP contribution in [0.3, 0.4) is 0 Å². The molecular formula is C17H23NO2. The average molecular weight is 273 g/mol. The zero-order valence-corrected chi connectivity index (χ0v) is 12.5. The van der Waals surface area contributed by atoms with Crippen LogP contribution in [-0.2, 0) is 17.9 Å². The number of benzene rings is 1. The highest BCUT2D eigenvalue weighted by molar-refractivity contribution is 5.82. The van der Waals surface area contributed by atoms with Gasteiger partial charge in [0.05, 0.1) is 19.8 Å². The number of para-hydroxylation sites is 1. The Bertz CT molecular complexity index is 578. The number of hydrogen-bond acceptors (Lipinski definition) is 3. The van der Waals surface area contributed by atoms with Crippen molar-refractivity contribution < 1.29 is 9.15 Å². The van der Waals surface area contributed by atoms with E-state index in [1.807, 2.05) is 18.2 Å². The third-order valence-corrected chi connectivity index (χ3v) is 3.04. The molecule has 1 aromatic carbocycles. The van der Waals surface area contributed by atoms with Crippen LogP contribution in [0.15, 0.2) is 41.3 Å². The lowest BCUT2D eigenvalue weighted by atomic mass is 10.1. The molecule has 108 valence electrons. The first-order valence-electron chi connectivity index (χ1n) is 6.94. The van der Waals surface area contributed by atoms with Gasteiger partial charge in [0.1, 0.15) is 11.3 Å². The summed E-state index contributed by atoms with van der Waals surface area (Å²) in [6.45, 7) is 11.9. The van der Waals surface area contributed by atoms with Gasteiger partial charge in [-0.3, -0.25) is 0 Å². The molecule has 0 aliphatic heterocycles. The molecule has 0 aliphatic carbocycles. The molecule has 1 aromatic heterocycles. The van der Waals surface area contributed by atoms with Crippen LogP contribution in [0.1, 0.15) is 32.1 Å². The predicted molar refractivity (Wildman–Crippen MR) is 82.7 cm³/mol. The largest absolute Gasteiger partial charge is 0.459 e. The maximum absolute atomic E-state index is 5.96. The smallest absolute Gasteiger partial charge is 0.134 e. The van der Waals surface area contributed by atoms with Crippen LogP contribution in [-0.4, -0.2) is 12.1 Å². The fourth-order valence-corrected chi connectivity index (χ4v) is 2.04. The second kappa shape index (κ2) is 6.25. The van der Waals surface area contributed by atoms with Gasteiger partial charge in [0.15, 0.2) is 0 Å². The summed E-state index contributed by atoms with van der Waals surface area (Å²) in [5.74, 6) is 0.949. The molecule has 0 unspecified atom stereocenters. The van der Waals surface area contributed by atoms with Crippen molar-refractivity contribution in [1.29, 1.82) is 0 Å². The molecule has 20 heavy (non-hydrogen) atoms. The fraction of sp³-hybridized carbons (Fsp3) is 0.412. The third kappa shape index (κ3) is 3.71. The van der Waals surface area contributed by atoms with Crippen LogP contribution >= 0.6 is 0 Å². The van der Waals surface area contributed by atoms with E-state index in [4.69, 9.17) is 9.15 Å². The molecule has 0 fully saturated rings. The van der Waals surface area contributed by atoms with Crippen molar-refractivity contribution in [3.8, 4) is 0 Å². The standard InChI is InChI=1S/C17H23NO2/c1-5-10-19-12-14-13-8-6-7-9-15(13)20-16(14)11-18-17(2,3)4/h5-9,18H,1,10-12H2,2-4H3. The molecule has 0 aliphatic rings. The van der Waals surface area contributed by atoms with E-state index >= 15 is 0 Å². The summed E-state index contributed by atoms with van der Waals surface area (Å²) in [5.41, 5.74) is 2.09. The molecule has 0 bridgehead atoms. The van der Waals surface area contributed by atoms with Crippen LogP contribution in [0, 0.1) is 0 Å². The fourth-order valence-electron chi connectivity index (χ4n) is 2.04. The Balaban J connectivity index is 2.26. The van der Waals surface area contributed by atoms with E-state index in [0.29, 0.717) is 19.8 Å². The second-order valence-electron chi connectivity index (χ2n) is 5.91. The predicted octanol–water partition coefficient (Wildman–Crippen LogP) is 4.02. The lowest BCUT2D eigenvalue weighted by molar-refractivity contribution is 0.148. The molecule has 2 rings (SSSR count). The first-order chi connectivity index (χ1) is 9.51. The van der Waals surface area contributed by atoms with E-state index in [0.717, 1.165) is 22.3 Å². The van der Waals surface area contributed by atoms with Gasteiger partial charge in [-0.1, -0.05) is 24.3 Å². The molecular weight excluding hydrogens is 250 g/mol. The van der Waals surface area contributed by atoms with Gasteiger partial charge in [0.25, 0.3) is 0 Å². The Morgan fingerprint density at radius 3 is 2.75 bits per heavy atom. The zero-order valence-electron chi connectivity index (χ0n) is 12.5. The van der Waals surface area contributed by atoms with Gasteiger partial charge >= 0.3 is 0 Å². The first-order valence-corrected chi connectivity index (χ1v) is 6.94. The Hall–Kier alpha value is -1.58. The van der Waals surface area contributed by atoms with Crippen molar-refractivity contribution in [1.82, 2.24) is 5.32 Å². The van der Waals surface area contributed by atoms with Crippen LogP contribution in [0.2, 0.25) is 0 Å². The number of furan rings is 1. The molecule has 1 N–H and O–H groups in total.